The quantitative estimate of drug-likeness (QED) is 0.622. The van der Waals surface area contributed by atoms with Crippen molar-refractivity contribution >= 4 is 17.3 Å². The number of carbonyl (C=O) groups excluding carboxylic acids is 1. The number of halogens is 1. The highest BCUT2D eigenvalue weighted by Gasteiger charge is 2.16. The average Bonchev–Trinajstić information content (AvgIpc) is 2.17. The molecule has 0 spiro atoms. The number of hydrogen-bond donors (Lipinski definition) is 1. The summed E-state index contributed by atoms with van der Waals surface area (Å²) in [5.41, 5.74) is -0.557. The topological polar surface area (TPSA) is 81.5 Å². The molecule has 86 valence electrons. The van der Waals surface area contributed by atoms with Gasteiger partial charge in [0.2, 0.25) is 0 Å². The van der Waals surface area contributed by atoms with E-state index in [2.05, 4.69) is 10.1 Å². The number of nitrogens with one attached hydrogen (secondary N) is 1. The van der Waals surface area contributed by atoms with Gasteiger partial charge in [0.25, 0.3) is 11.6 Å². The number of nitro groups is 1. The van der Waals surface area contributed by atoms with Crippen LogP contribution in [0.2, 0.25) is 0 Å². The van der Waals surface area contributed by atoms with Crippen LogP contribution in [0.3, 0.4) is 0 Å². The van der Waals surface area contributed by atoms with Gasteiger partial charge in [-0.15, -0.1) is 0 Å². The predicted octanol–water partition coefficient (Wildman–Crippen LogP) is 1.32. The number of amides is 1. The molecule has 0 fully saturated rings. The van der Waals surface area contributed by atoms with Crippen molar-refractivity contribution in [2.45, 2.75) is 0 Å². The Morgan fingerprint density at radius 2 is 2.31 bits per heavy atom. The Balaban J connectivity index is 2.96. The Kier molecular flexibility index (Phi) is 3.90. The predicted molar refractivity (Wildman–Crippen MR) is 53.6 cm³/mol. The second-order valence-electron chi connectivity index (χ2n) is 2.90. The normalized spacial score (nSPS) is 9.88. The smallest absolute Gasteiger partial charge is 0.292 e. The fourth-order valence-electron chi connectivity index (χ4n) is 1.08. The van der Waals surface area contributed by atoms with Crippen molar-refractivity contribution in [1.82, 2.24) is 0 Å². The molecule has 16 heavy (non-hydrogen) atoms. The molecule has 6 nitrogen and oxygen atoms in total. The number of anilines is 1. The van der Waals surface area contributed by atoms with E-state index < -0.39 is 16.6 Å². The Labute approximate surface area is 90.2 Å². The molecular formula is C9H9FN2O4. The van der Waals surface area contributed by atoms with Crippen molar-refractivity contribution in [3.05, 3.63) is 34.1 Å². The van der Waals surface area contributed by atoms with E-state index in [-0.39, 0.29) is 18.0 Å². The van der Waals surface area contributed by atoms with E-state index in [1.807, 2.05) is 0 Å². The maximum atomic E-state index is 12.8. The van der Waals surface area contributed by atoms with Gasteiger partial charge in [-0.2, -0.15) is 0 Å². The van der Waals surface area contributed by atoms with Crippen LogP contribution in [-0.2, 0) is 9.53 Å². The lowest BCUT2D eigenvalue weighted by atomic mass is 10.2. The van der Waals surface area contributed by atoms with Gasteiger partial charge in [0, 0.05) is 19.2 Å². The number of nitrogens with zero attached hydrogens (tertiary/aromatic N) is 1. The van der Waals surface area contributed by atoms with Crippen molar-refractivity contribution in [3.8, 4) is 0 Å². The average molecular weight is 228 g/mol. The zero-order chi connectivity index (χ0) is 12.1. The molecule has 1 rings (SSSR count). The van der Waals surface area contributed by atoms with Gasteiger partial charge in [-0.25, -0.2) is 4.39 Å². The van der Waals surface area contributed by atoms with E-state index in [1.54, 1.807) is 0 Å². The van der Waals surface area contributed by atoms with Gasteiger partial charge in [0.1, 0.15) is 18.1 Å². The highest BCUT2D eigenvalue weighted by Crippen LogP contribution is 2.24. The molecule has 1 aromatic rings. The molecule has 0 aromatic heterocycles. The zero-order valence-electron chi connectivity index (χ0n) is 8.40. The van der Waals surface area contributed by atoms with Crippen molar-refractivity contribution in [2.75, 3.05) is 19.0 Å². The van der Waals surface area contributed by atoms with Crippen LogP contribution in [0.4, 0.5) is 15.8 Å². The summed E-state index contributed by atoms with van der Waals surface area (Å²) in [5, 5.41) is 12.8. The van der Waals surface area contributed by atoms with E-state index in [0.29, 0.717) is 0 Å². The molecule has 0 unspecified atom stereocenters. The molecular weight excluding hydrogens is 219 g/mol. The highest BCUT2D eigenvalue weighted by molar-refractivity contribution is 5.93. The Hall–Kier alpha value is -2.02. The number of benzene rings is 1. The largest absolute Gasteiger partial charge is 0.375 e. The minimum atomic E-state index is -0.706. The summed E-state index contributed by atoms with van der Waals surface area (Å²) in [7, 11) is 1.31. The first-order chi connectivity index (χ1) is 7.54. The Morgan fingerprint density at radius 1 is 1.62 bits per heavy atom. The summed E-state index contributed by atoms with van der Waals surface area (Å²) >= 11 is 0. The minimum Gasteiger partial charge on any atom is -0.375 e. The Bertz CT molecular complexity index is 422. The Morgan fingerprint density at radius 3 is 2.88 bits per heavy atom. The van der Waals surface area contributed by atoms with Crippen molar-refractivity contribution in [1.29, 1.82) is 0 Å². The number of ether oxygens (including phenoxy) is 1. The van der Waals surface area contributed by atoms with E-state index in [0.717, 1.165) is 18.2 Å². The zero-order valence-corrected chi connectivity index (χ0v) is 8.40. The van der Waals surface area contributed by atoms with E-state index in [4.69, 9.17) is 0 Å². The van der Waals surface area contributed by atoms with Crippen LogP contribution in [0.15, 0.2) is 18.2 Å². The standard InChI is InChI=1S/C9H9FN2O4/c1-16-5-9(13)11-7-4-6(10)2-3-8(7)12(14)15/h2-4H,5H2,1H3,(H,11,13). The van der Waals surface area contributed by atoms with Crippen LogP contribution >= 0.6 is 0 Å². The van der Waals surface area contributed by atoms with Gasteiger partial charge in [-0.1, -0.05) is 0 Å². The molecule has 0 bridgehead atoms. The summed E-state index contributed by atoms with van der Waals surface area (Å²) in [6.07, 6.45) is 0. The third-order valence-electron chi connectivity index (χ3n) is 1.70. The summed E-state index contributed by atoms with van der Waals surface area (Å²) < 4.78 is 17.4. The van der Waals surface area contributed by atoms with Gasteiger partial charge in [0.15, 0.2) is 0 Å². The molecule has 1 aromatic carbocycles. The molecule has 0 aliphatic carbocycles. The van der Waals surface area contributed by atoms with E-state index in [9.17, 15) is 19.3 Å². The first-order valence-corrected chi connectivity index (χ1v) is 4.27. The van der Waals surface area contributed by atoms with Crippen LogP contribution in [0.5, 0.6) is 0 Å². The lowest BCUT2D eigenvalue weighted by Gasteiger charge is -2.05. The summed E-state index contributed by atoms with van der Waals surface area (Å²) in [6, 6.07) is 2.81. The molecule has 0 heterocycles. The monoisotopic (exact) mass is 228 g/mol. The van der Waals surface area contributed by atoms with Gasteiger partial charge < -0.3 is 10.1 Å². The SMILES string of the molecule is COCC(=O)Nc1cc(F)ccc1[N+](=O)[O-]. The van der Waals surface area contributed by atoms with Crippen LogP contribution < -0.4 is 5.32 Å². The van der Waals surface area contributed by atoms with Crippen LogP contribution in [0.25, 0.3) is 0 Å². The number of methoxy groups -OCH3 is 1. The molecule has 1 amide bonds. The van der Waals surface area contributed by atoms with Gasteiger partial charge >= 0.3 is 0 Å². The van der Waals surface area contributed by atoms with Crippen molar-refractivity contribution < 1.29 is 18.8 Å². The summed E-state index contributed by atoms with van der Waals surface area (Å²) in [6.45, 7) is -0.256. The van der Waals surface area contributed by atoms with Crippen LogP contribution in [0.1, 0.15) is 0 Å². The first-order valence-electron chi connectivity index (χ1n) is 4.27. The minimum absolute atomic E-state index is 0.188. The summed E-state index contributed by atoms with van der Waals surface area (Å²) in [5.74, 6) is -1.26. The second-order valence-corrected chi connectivity index (χ2v) is 2.90. The maximum absolute atomic E-state index is 12.8. The molecule has 0 aliphatic rings. The van der Waals surface area contributed by atoms with Crippen LogP contribution in [0, 0.1) is 15.9 Å². The highest BCUT2D eigenvalue weighted by atomic mass is 19.1. The molecule has 0 radical (unpaired) electrons. The van der Waals surface area contributed by atoms with Crippen LogP contribution in [-0.4, -0.2) is 24.5 Å². The second kappa shape index (κ2) is 5.17. The van der Waals surface area contributed by atoms with Gasteiger partial charge in [-0.3, -0.25) is 14.9 Å². The number of hydrogen-bond acceptors (Lipinski definition) is 4. The maximum Gasteiger partial charge on any atom is 0.292 e. The fraction of sp³-hybridized carbons (Fsp3) is 0.222. The third-order valence-corrected chi connectivity index (χ3v) is 1.70. The third kappa shape index (κ3) is 2.99. The van der Waals surface area contributed by atoms with Gasteiger partial charge in [-0.05, 0) is 6.07 Å². The molecule has 0 atom stereocenters. The van der Waals surface area contributed by atoms with Crippen molar-refractivity contribution in [2.24, 2.45) is 0 Å². The van der Waals surface area contributed by atoms with E-state index >= 15 is 0 Å². The van der Waals surface area contributed by atoms with E-state index in [1.165, 1.54) is 7.11 Å². The summed E-state index contributed by atoms with van der Waals surface area (Å²) in [4.78, 5) is 21.0. The van der Waals surface area contributed by atoms with Gasteiger partial charge in [0.05, 0.1) is 4.92 Å². The molecule has 0 saturated carbocycles. The number of nitro benzene ring substituents is 1. The lowest BCUT2D eigenvalue weighted by Crippen LogP contribution is -2.18. The number of rotatable bonds is 4. The van der Waals surface area contributed by atoms with Crippen molar-refractivity contribution in [3.63, 3.8) is 0 Å². The first kappa shape index (κ1) is 12.1. The molecule has 0 saturated heterocycles. The fourth-order valence-corrected chi connectivity index (χ4v) is 1.08. The molecule has 1 N–H and O–H groups in total. The number of carbonyl (C=O) groups is 1. The molecule has 0 aliphatic heterocycles. The molecule has 7 heteroatoms. The lowest BCUT2D eigenvalue weighted by molar-refractivity contribution is -0.384.